The van der Waals surface area contributed by atoms with Crippen molar-refractivity contribution in [2.45, 2.75) is 13.0 Å². The molecule has 0 spiro atoms. The van der Waals surface area contributed by atoms with Crippen molar-refractivity contribution in [2.75, 3.05) is 11.9 Å². The van der Waals surface area contributed by atoms with Gasteiger partial charge in [-0.2, -0.15) is 0 Å². The van der Waals surface area contributed by atoms with Gasteiger partial charge in [0, 0.05) is 22.9 Å². The SMILES string of the molecule is C[C@@H](CO)Nc1ccnc2cc(Br)cnc12. The van der Waals surface area contributed by atoms with Crippen molar-refractivity contribution < 1.29 is 5.11 Å². The van der Waals surface area contributed by atoms with Gasteiger partial charge in [-0.05, 0) is 35.0 Å². The van der Waals surface area contributed by atoms with Crippen molar-refractivity contribution in [2.24, 2.45) is 0 Å². The van der Waals surface area contributed by atoms with E-state index in [2.05, 4.69) is 31.2 Å². The Balaban J connectivity index is 2.45. The van der Waals surface area contributed by atoms with Crippen molar-refractivity contribution in [3.8, 4) is 0 Å². The van der Waals surface area contributed by atoms with E-state index in [-0.39, 0.29) is 12.6 Å². The minimum atomic E-state index is -0.00366. The summed E-state index contributed by atoms with van der Waals surface area (Å²) in [5, 5.41) is 12.2. The molecule has 0 aliphatic rings. The second kappa shape index (κ2) is 4.76. The number of fused-ring (bicyclic) bond motifs is 1. The Bertz CT molecular complexity index is 504. The Morgan fingerprint density at radius 3 is 3.06 bits per heavy atom. The van der Waals surface area contributed by atoms with Crippen molar-refractivity contribution >= 4 is 32.7 Å². The number of aliphatic hydroxyl groups excluding tert-OH is 1. The number of anilines is 1. The fraction of sp³-hybridized carbons (Fsp3) is 0.273. The van der Waals surface area contributed by atoms with Crippen LogP contribution in [-0.4, -0.2) is 27.7 Å². The van der Waals surface area contributed by atoms with Gasteiger partial charge in [0.1, 0.15) is 5.52 Å². The summed E-state index contributed by atoms with van der Waals surface area (Å²) in [6.45, 7) is 1.99. The number of hydrogen-bond acceptors (Lipinski definition) is 4. The van der Waals surface area contributed by atoms with Crippen LogP contribution in [0.25, 0.3) is 11.0 Å². The topological polar surface area (TPSA) is 58.0 Å². The molecule has 0 unspecified atom stereocenters. The fourth-order valence-corrected chi connectivity index (χ4v) is 1.75. The van der Waals surface area contributed by atoms with Crippen molar-refractivity contribution in [3.63, 3.8) is 0 Å². The molecule has 0 fully saturated rings. The zero-order valence-corrected chi connectivity index (χ0v) is 10.4. The number of aliphatic hydroxyl groups is 1. The molecule has 0 aliphatic heterocycles. The lowest BCUT2D eigenvalue weighted by Gasteiger charge is -2.13. The lowest BCUT2D eigenvalue weighted by Crippen LogP contribution is -2.19. The second-order valence-corrected chi connectivity index (χ2v) is 4.52. The van der Waals surface area contributed by atoms with Crippen LogP contribution in [0.2, 0.25) is 0 Å². The monoisotopic (exact) mass is 281 g/mol. The van der Waals surface area contributed by atoms with Crippen LogP contribution in [0.4, 0.5) is 5.69 Å². The number of hydrogen-bond donors (Lipinski definition) is 2. The third kappa shape index (κ3) is 2.31. The maximum absolute atomic E-state index is 9.01. The average Bonchev–Trinajstić information content (AvgIpc) is 2.28. The summed E-state index contributed by atoms with van der Waals surface area (Å²) in [6, 6.07) is 3.77. The largest absolute Gasteiger partial charge is 0.394 e. The van der Waals surface area contributed by atoms with E-state index < -0.39 is 0 Å². The van der Waals surface area contributed by atoms with E-state index in [0.717, 1.165) is 21.2 Å². The zero-order valence-electron chi connectivity index (χ0n) is 8.81. The first-order valence-corrected chi connectivity index (χ1v) is 5.77. The normalized spacial score (nSPS) is 12.7. The fourth-order valence-electron chi connectivity index (χ4n) is 1.43. The van der Waals surface area contributed by atoms with Gasteiger partial charge in [0.05, 0.1) is 17.8 Å². The Morgan fingerprint density at radius 2 is 2.31 bits per heavy atom. The summed E-state index contributed by atoms with van der Waals surface area (Å²) in [4.78, 5) is 8.56. The molecule has 2 aromatic rings. The standard InChI is InChI=1S/C11H12BrN3O/c1-7(6-16)15-9-2-3-13-10-4-8(12)5-14-11(9)10/h2-5,7,16H,6H2,1H3,(H,13,15)/t7-/m0/s1. The molecule has 2 N–H and O–H groups in total. The third-order valence-electron chi connectivity index (χ3n) is 2.22. The molecule has 0 radical (unpaired) electrons. The lowest BCUT2D eigenvalue weighted by atomic mass is 10.2. The highest BCUT2D eigenvalue weighted by Gasteiger charge is 2.06. The molecule has 0 aromatic carbocycles. The molecular weight excluding hydrogens is 270 g/mol. The summed E-state index contributed by atoms with van der Waals surface area (Å²) in [5.41, 5.74) is 2.52. The van der Waals surface area contributed by atoms with Crippen molar-refractivity contribution in [1.29, 1.82) is 0 Å². The molecule has 0 bridgehead atoms. The molecule has 16 heavy (non-hydrogen) atoms. The van der Waals surface area contributed by atoms with Gasteiger partial charge in [0.15, 0.2) is 0 Å². The van der Waals surface area contributed by atoms with Gasteiger partial charge in [0.2, 0.25) is 0 Å². The number of nitrogens with zero attached hydrogens (tertiary/aromatic N) is 2. The van der Waals surface area contributed by atoms with Gasteiger partial charge in [-0.1, -0.05) is 0 Å². The Labute approximate surface area is 102 Å². The summed E-state index contributed by atoms with van der Waals surface area (Å²) in [7, 11) is 0. The minimum absolute atomic E-state index is 0.00366. The first-order valence-electron chi connectivity index (χ1n) is 4.98. The van der Waals surface area contributed by atoms with E-state index >= 15 is 0 Å². The number of aromatic nitrogens is 2. The number of halogens is 1. The molecule has 84 valence electrons. The maximum Gasteiger partial charge on any atom is 0.112 e. The van der Waals surface area contributed by atoms with Gasteiger partial charge in [0.25, 0.3) is 0 Å². The molecule has 5 heteroatoms. The van der Waals surface area contributed by atoms with Crippen LogP contribution in [0.5, 0.6) is 0 Å². The molecule has 1 atom stereocenters. The van der Waals surface area contributed by atoms with Crippen LogP contribution in [0, 0.1) is 0 Å². The molecular formula is C11H12BrN3O. The highest BCUT2D eigenvalue weighted by atomic mass is 79.9. The van der Waals surface area contributed by atoms with E-state index in [1.165, 1.54) is 0 Å². The third-order valence-corrected chi connectivity index (χ3v) is 2.65. The predicted molar refractivity (Wildman–Crippen MR) is 67.4 cm³/mol. The van der Waals surface area contributed by atoms with Crippen LogP contribution < -0.4 is 5.32 Å². The summed E-state index contributed by atoms with van der Waals surface area (Å²) in [6.07, 6.45) is 3.46. The molecule has 0 saturated heterocycles. The number of nitrogens with one attached hydrogen (secondary N) is 1. The lowest BCUT2D eigenvalue weighted by molar-refractivity contribution is 0.281. The van der Waals surface area contributed by atoms with Crippen LogP contribution >= 0.6 is 15.9 Å². The molecule has 0 amide bonds. The van der Waals surface area contributed by atoms with Crippen LogP contribution in [-0.2, 0) is 0 Å². The van der Waals surface area contributed by atoms with E-state index in [9.17, 15) is 0 Å². The van der Waals surface area contributed by atoms with Gasteiger partial charge >= 0.3 is 0 Å². The molecule has 2 rings (SSSR count). The Morgan fingerprint density at radius 1 is 1.50 bits per heavy atom. The van der Waals surface area contributed by atoms with Gasteiger partial charge < -0.3 is 10.4 Å². The van der Waals surface area contributed by atoms with E-state index in [1.807, 2.05) is 19.1 Å². The van der Waals surface area contributed by atoms with Gasteiger partial charge in [-0.3, -0.25) is 9.97 Å². The Kier molecular flexibility index (Phi) is 3.36. The first-order chi connectivity index (χ1) is 7.70. The maximum atomic E-state index is 9.01. The molecule has 0 aliphatic carbocycles. The quantitative estimate of drug-likeness (QED) is 0.906. The van der Waals surface area contributed by atoms with Crippen LogP contribution in [0.15, 0.2) is 29.0 Å². The average molecular weight is 282 g/mol. The first kappa shape index (κ1) is 11.3. The Hall–Kier alpha value is -1.20. The summed E-state index contributed by atoms with van der Waals surface area (Å²) in [5.74, 6) is 0. The smallest absolute Gasteiger partial charge is 0.112 e. The second-order valence-electron chi connectivity index (χ2n) is 3.61. The zero-order chi connectivity index (χ0) is 11.5. The van der Waals surface area contributed by atoms with Crippen molar-refractivity contribution in [1.82, 2.24) is 9.97 Å². The molecule has 2 aromatic heterocycles. The number of rotatable bonds is 3. The number of pyridine rings is 2. The van der Waals surface area contributed by atoms with E-state index in [0.29, 0.717) is 0 Å². The van der Waals surface area contributed by atoms with Crippen LogP contribution in [0.1, 0.15) is 6.92 Å². The van der Waals surface area contributed by atoms with E-state index in [4.69, 9.17) is 5.11 Å². The highest BCUT2D eigenvalue weighted by Crippen LogP contribution is 2.22. The van der Waals surface area contributed by atoms with Gasteiger partial charge in [-0.25, -0.2) is 0 Å². The molecule has 2 heterocycles. The molecule has 4 nitrogen and oxygen atoms in total. The summed E-state index contributed by atoms with van der Waals surface area (Å²) < 4.78 is 0.903. The minimum Gasteiger partial charge on any atom is -0.394 e. The van der Waals surface area contributed by atoms with Crippen LogP contribution in [0.3, 0.4) is 0 Å². The van der Waals surface area contributed by atoms with Gasteiger partial charge in [-0.15, -0.1) is 0 Å². The molecule has 0 saturated carbocycles. The van der Waals surface area contributed by atoms with E-state index in [1.54, 1.807) is 12.4 Å². The highest BCUT2D eigenvalue weighted by molar-refractivity contribution is 9.10. The van der Waals surface area contributed by atoms with Crippen molar-refractivity contribution in [3.05, 3.63) is 29.0 Å². The predicted octanol–water partition coefficient (Wildman–Crippen LogP) is 2.18. The summed E-state index contributed by atoms with van der Waals surface area (Å²) >= 11 is 3.36.